The molecule has 21 heavy (non-hydrogen) atoms. The summed E-state index contributed by atoms with van der Waals surface area (Å²) in [5.74, 6) is 0.746. The lowest BCUT2D eigenvalue weighted by Crippen LogP contribution is -2.36. The van der Waals surface area contributed by atoms with Crippen LogP contribution in [0.3, 0.4) is 0 Å². The van der Waals surface area contributed by atoms with Gasteiger partial charge in [0.25, 0.3) is 0 Å². The molecular weight excluding hydrogens is 254 g/mol. The standard InChI is InChI=1S/C20H25N/c1-2-20(19-11-7-4-8-12-19)21-15-13-18(14-16-21)17-9-5-3-6-10-17/h3-12,18,20H,2,13-16H2,1H3. The summed E-state index contributed by atoms with van der Waals surface area (Å²) in [5, 5.41) is 0. The van der Waals surface area contributed by atoms with Gasteiger partial charge in [-0.05, 0) is 49.4 Å². The zero-order valence-corrected chi connectivity index (χ0v) is 12.9. The Kier molecular flexibility index (Phi) is 4.72. The summed E-state index contributed by atoms with van der Waals surface area (Å²) in [4.78, 5) is 2.68. The molecule has 0 saturated carbocycles. The average Bonchev–Trinajstić information content (AvgIpc) is 2.58. The fourth-order valence-electron chi connectivity index (χ4n) is 3.65. The van der Waals surface area contributed by atoms with Gasteiger partial charge in [-0.25, -0.2) is 0 Å². The minimum absolute atomic E-state index is 0.586. The molecule has 0 bridgehead atoms. The van der Waals surface area contributed by atoms with Gasteiger partial charge in [0.1, 0.15) is 0 Å². The Morgan fingerprint density at radius 2 is 1.48 bits per heavy atom. The minimum Gasteiger partial charge on any atom is -0.296 e. The van der Waals surface area contributed by atoms with E-state index in [0.717, 1.165) is 5.92 Å². The van der Waals surface area contributed by atoms with Gasteiger partial charge in [0.05, 0.1) is 0 Å². The second kappa shape index (κ2) is 6.91. The Labute approximate surface area is 128 Å². The molecule has 0 N–H and O–H groups in total. The monoisotopic (exact) mass is 279 g/mol. The van der Waals surface area contributed by atoms with E-state index in [1.807, 2.05) is 0 Å². The van der Waals surface area contributed by atoms with Gasteiger partial charge >= 0.3 is 0 Å². The van der Waals surface area contributed by atoms with Crippen LogP contribution in [0.25, 0.3) is 0 Å². The number of nitrogens with zero attached hydrogens (tertiary/aromatic N) is 1. The van der Waals surface area contributed by atoms with E-state index in [-0.39, 0.29) is 0 Å². The molecule has 0 spiro atoms. The van der Waals surface area contributed by atoms with Crippen molar-refractivity contribution in [2.24, 2.45) is 0 Å². The molecule has 0 aromatic heterocycles. The third kappa shape index (κ3) is 3.36. The molecule has 1 heteroatoms. The quantitative estimate of drug-likeness (QED) is 0.759. The maximum atomic E-state index is 2.68. The van der Waals surface area contributed by atoms with Crippen molar-refractivity contribution in [3.8, 4) is 0 Å². The summed E-state index contributed by atoms with van der Waals surface area (Å²) in [6.45, 7) is 4.74. The summed E-state index contributed by atoms with van der Waals surface area (Å²) in [5.41, 5.74) is 2.99. The molecule has 1 nitrogen and oxygen atoms in total. The summed E-state index contributed by atoms with van der Waals surface area (Å²) < 4.78 is 0. The van der Waals surface area contributed by atoms with Crippen LogP contribution >= 0.6 is 0 Å². The van der Waals surface area contributed by atoms with Crippen LogP contribution in [0.1, 0.15) is 49.3 Å². The molecule has 1 atom stereocenters. The van der Waals surface area contributed by atoms with E-state index in [4.69, 9.17) is 0 Å². The van der Waals surface area contributed by atoms with E-state index in [1.165, 1.54) is 43.5 Å². The molecule has 0 aliphatic carbocycles. The van der Waals surface area contributed by atoms with Crippen LogP contribution in [0.2, 0.25) is 0 Å². The van der Waals surface area contributed by atoms with Crippen LogP contribution in [0, 0.1) is 0 Å². The lowest BCUT2D eigenvalue weighted by molar-refractivity contribution is 0.148. The van der Waals surface area contributed by atoms with Crippen molar-refractivity contribution < 1.29 is 0 Å². The Hall–Kier alpha value is -1.60. The maximum Gasteiger partial charge on any atom is 0.0345 e. The van der Waals surface area contributed by atoms with Crippen molar-refractivity contribution >= 4 is 0 Å². The zero-order chi connectivity index (χ0) is 14.5. The minimum atomic E-state index is 0.586. The van der Waals surface area contributed by atoms with Gasteiger partial charge in [0.2, 0.25) is 0 Å². The maximum absolute atomic E-state index is 2.68. The second-order valence-electron chi connectivity index (χ2n) is 6.06. The van der Waals surface area contributed by atoms with Crippen molar-refractivity contribution in [1.82, 2.24) is 4.90 Å². The predicted octanol–water partition coefficient (Wildman–Crippen LogP) is 5.02. The van der Waals surface area contributed by atoms with E-state index in [2.05, 4.69) is 72.5 Å². The van der Waals surface area contributed by atoms with Crippen LogP contribution in [-0.4, -0.2) is 18.0 Å². The van der Waals surface area contributed by atoms with Gasteiger partial charge in [-0.3, -0.25) is 4.90 Å². The molecule has 1 saturated heterocycles. The highest BCUT2D eigenvalue weighted by molar-refractivity contribution is 5.21. The fourth-order valence-corrected chi connectivity index (χ4v) is 3.65. The van der Waals surface area contributed by atoms with Crippen LogP contribution < -0.4 is 0 Å². The van der Waals surface area contributed by atoms with Gasteiger partial charge in [0, 0.05) is 6.04 Å². The normalized spacial score (nSPS) is 18.5. The Morgan fingerprint density at radius 3 is 2.05 bits per heavy atom. The number of rotatable bonds is 4. The number of likely N-dealkylation sites (tertiary alicyclic amines) is 1. The molecule has 110 valence electrons. The molecule has 0 amide bonds. The van der Waals surface area contributed by atoms with Crippen LogP contribution in [-0.2, 0) is 0 Å². The van der Waals surface area contributed by atoms with E-state index in [0.29, 0.717) is 6.04 Å². The summed E-state index contributed by atoms with van der Waals surface area (Å²) >= 11 is 0. The van der Waals surface area contributed by atoms with E-state index < -0.39 is 0 Å². The molecule has 1 heterocycles. The summed E-state index contributed by atoms with van der Waals surface area (Å²) in [7, 11) is 0. The third-order valence-electron chi connectivity index (χ3n) is 4.81. The largest absolute Gasteiger partial charge is 0.296 e. The number of hydrogen-bond acceptors (Lipinski definition) is 1. The highest BCUT2D eigenvalue weighted by atomic mass is 15.2. The zero-order valence-electron chi connectivity index (χ0n) is 12.9. The second-order valence-corrected chi connectivity index (χ2v) is 6.06. The van der Waals surface area contributed by atoms with Gasteiger partial charge in [0.15, 0.2) is 0 Å². The highest BCUT2D eigenvalue weighted by Crippen LogP contribution is 2.33. The van der Waals surface area contributed by atoms with Crippen molar-refractivity contribution in [2.75, 3.05) is 13.1 Å². The molecule has 2 aromatic carbocycles. The number of benzene rings is 2. The lowest BCUT2D eigenvalue weighted by Gasteiger charge is -2.37. The summed E-state index contributed by atoms with van der Waals surface area (Å²) in [6, 6.07) is 22.6. The average molecular weight is 279 g/mol. The van der Waals surface area contributed by atoms with E-state index in [9.17, 15) is 0 Å². The van der Waals surface area contributed by atoms with Crippen molar-refractivity contribution in [3.05, 3.63) is 71.8 Å². The van der Waals surface area contributed by atoms with Crippen LogP contribution in [0.4, 0.5) is 0 Å². The van der Waals surface area contributed by atoms with Gasteiger partial charge < -0.3 is 0 Å². The molecular formula is C20H25N. The molecule has 1 unspecified atom stereocenters. The van der Waals surface area contributed by atoms with Gasteiger partial charge in [-0.2, -0.15) is 0 Å². The fraction of sp³-hybridized carbons (Fsp3) is 0.400. The summed E-state index contributed by atoms with van der Waals surface area (Å²) in [6.07, 6.45) is 3.76. The predicted molar refractivity (Wildman–Crippen MR) is 89.5 cm³/mol. The highest BCUT2D eigenvalue weighted by Gasteiger charge is 2.25. The molecule has 1 fully saturated rings. The molecule has 1 aliphatic rings. The Morgan fingerprint density at radius 1 is 0.905 bits per heavy atom. The van der Waals surface area contributed by atoms with Crippen molar-refractivity contribution in [2.45, 2.75) is 38.1 Å². The third-order valence-corrected chi connectivity index (χ3v) is 4.81. The van der Waals surface area contributed by atoms with Crippen LogP contribution in [0.15, 0.2) is 60.7 Å². The first-order valence-corrected chi connectivity index (χ1v) is 8.22. The van der Waals surface area contributed by atoms with Gasteiger partial charge in [-0.15, -0.1) is 0 Å². The number of hydrogen-bond donors (Lipinski definition) is 0. The topological polar surface area (TPSA) is 3.24 Å². The smallest absolute Gasteiger partial charge is 0.0345 e. The van der Waals surface area contributed by atoms with E-state index in [1.54, 1.807) is 0 Å². The SMILES string of the molecule is CCC(c1ccccc1)N1CCC(c2ccccc2)CC1. The lowest BCUT2D eigenvalue weighted by atomic mass is 9.88. The first-order chi connectivity index (χ1) is 10.4. The Bertz CT molecular complexity index is 526. The van der Waals surface area contributed by atoms with Gasteiger partial charge in [-0.1, -0.05) is 67.6 Å². The van der Waals surface area contributed by atoms with Crippen molar-refractivity contribution in [1.29, 1.82) is 0 Å². The first-order valence-electron chi connectivity index (χ1n) is 8.22. The Balaban J connectivity index is 1.65. The molecule has 2 aromatic rings. The van der Waals surface area contributed by atoms with Crippen LogP contribution in [0.5, 0.6) is 0 Å². The first kappa shape index (κ1) is 14.3. The molecule has 0 radical (unpaired) electrons. The van der Waals surface area contributed by atoms with E-state index >= 15 is 0 Å². The van der Waals surface area contributed by atoms with Crippen molar-refractivity contribution in [3.63, 3.8) is 0 Å². The molecule has 3 rings (SSSR count). The number of piperidine rings is 1. The molecule has 1 aliphatic heterocycles.